The molecular weight excluding hydrogens is 250 g/mol. The van der Waals surface area contributed by atoms with Crippen LogP contribution in [0, 0.1) is 5.92 Å². The zero-order chi connectivity index (χ0) is 12.3. The molecule has 17 heavy (non-hydrogen) atoms. The summed E-state index contributed by atoms with van der Waals surface area (Å²) in [5.41, 5.74) is 0. The van der Waals surface area contributed by atoms with E-state index in [2.05, 4.69) is 20.8 Å². The van der Waals surface area contributed by atoms with E-state index < -0.39 is 6.43 Å². The number of aromatic nitrogens is 2. The molecule has 0 saturated heterocycles. The lowest BCUT2D eigenvalue weighted by Gasteiger charge is -2.02. The van der Waals surface area contributed by atoms with Gasteiger partial charge in [-0.1, -0.05) is 11.3 Å². The Hall–Kier alpha value is -1.15. The molecular formula is C9H12F2N4OS. The van der Waals surface area contributed by atoms with E-state index in [9.17, 15) is 13.6 Å². The third kappa shape index (κ3) is 3.97. The normalized spacial score (nSPS) is 15.2. The van der Waals surface area contributed by atoms with Crippen molar-refractivity contribution >= 4 is 22.4 Å². The van der Waals surface area contributed by atoms with E-state index >= 15 is 0 Å². The lowest BCUT2D eigenvalue weighted by Crippen LogP contribution is -2.29. The van der Waals surface area contributed by atoms with Crippen LogP contribution in [0.2, 0.25) is 0 Å². The monoisotopic (exact) mass is 262 g/mol. The number of hydrogen-bond donors (Lipinski definition) is 2. The summed E-state index contributed by atoms with van der Waals surface area (Å²) < 4.78 is 24.4. The maximum atomic E-state index is 12.2. The number of hydrogen-bond acceptors (Lipinski definition) is 5. The number of amides is 1. The molecule has 1 saturated carbocycles. The molecule has 0 atom stereocenters. The van der Waals surface area contributed by atoms with Crippen molar-refractivity contribution < 1.29 is 13.6 Å². The van der Waals surface area contributed by atoms with Gasteiger partial charge >= 0.3 is 0 Å². The Morgan fingerprint density at radius 2 is 2.24 bits per heavy atom. The van der Waals surface area contributed by atoms with Crippen molar-refractivity contribution in [2.45, 2.75) is 19.3 Å². The van der Waals surface area contributed by atoms with Crippen LogP contribution in [0.25, 0.3) is 0 Å². The number of nitrogens with zero attached hydrogens (tertiary/aromatic N) is 2. The minimum absolute atomic E-state index is 0.110. The summed E-state index contributed by atoms with van der Waals surface area (Å²) in [6.07, 6.45) is -0.225. The van der Waals surface area contributed by atoms with Gasteiger partial charge in [0.05, 0.1) is 6.54 Å². The Labute approximate surface area is 101 Å². The Balaban J connectivity index is 1.72. The van der Waals surface area contributed by atoms with Crippen LogP contribution in [0.4, 0.5) is 13.9 Å². The van der Waals surface area contributed by atoms with Crippen LogP contribution < -0.4 is 10.6 Å². The molecule has 94 valence electrons. The largest absolute Gasteiger partial charge is 0.308 e. The zero-order valence-electron chi connectivity index (χ0n) is 8.95. The van der Waals surface area contributed by atoms with Crippen molar-refractivity contribution in [3.05, 3.63) is 5.01 Å². The molecule has 0 spiro atoms. The van der Waals surface area contributed by atoms with Crippen LogP contribution in [-0.4, -0.2) is 29.2 Å². The molecule has 1 aromatic rings. The van der Waals surface area contributed by atoms with E-state index in [1.165, 1.54) is 12.8 Å². The summed E-state index contributed by atoms with van der Waals surface area (Å²) in [6, 6.07) is 0. The van der Waals surface area contributed by atoms with Crippen molar-refractivity contribution in [3.8, 4) is 0 Å². The first-order valence-corrected chi connectivity index (χ1v) is 6.09. The SMILES string of the molecule is O=C(CNCC1CC1)Nc1nnc(C(F)F)s1. The van der Waals surface area contributed by atoms with Gasteiger partial charge in [-0.15, -0.1) is 10.2 Å². The average Bonchev–Trinajstić information content (AvgIpc) is 2.96. The van der Waals surface area contributed by atoms with Gasteiger partial charge in [-0.05, 0) is 25.3 Å². The number of carbonyl (C=O) groups is 1. The third-order valence-corrected chi connectivity index (χ3v) is 3.14. The molecule has 1 aliphatic carbocycles. The lowest BCUT2D eigenvalue weighted by molar-refractivity contribution is -0.115. The highest BCUT2D eigenvalue weighted by atomic mass is 32.1. The molecule has 1 fully saturated rings. The first-order valence-electron chi connectivity index (χ1n) is 5.27. The van der Waals surface area contributed by atoms with E-state index in [4.69, 9.17) is 0 Å². The Kier molecular flexibility index (Phi) is 3.95. The Morgan fingerprint density at radius 1 is 1.47 bits per heavy atom. The second-order valence-corrected chi connectivity index (χ2v) is 4.88. The van der Waals surface area contributed by atoms with Crippen molar-refractivity contribution in [2.24, 2.45) is 5.92 Å². The van der Waals surface area contributed by atoms with Crippen molar-refractivity contribution in [2.75, 3.05) is 18.4 Å². The highest BCUT2D eigenvalue weighted by Crippen LogP contribution is 2.27. The lowest BCUT2D eigenvalue weighted by atomic mass is 10.4. The zero-order valence-corrected chi connectivity index (χ0v) is 9.77. The molecule has 0 unspecified atom stereocenters. The van der Waals surface area contributed by atoms with Gasteiger partial charge in [0.2, 0.25) is 11.0 Å². The van der Waals surface area contributed by atoms with Crippen LogP contribution in [0.1, 0.15) is 24.3 Å². The van der Waals surface area contributed by atoms with Gasteiger partial charge in [-0.3, -0.25) is 10.1 Å². The maximum Gasteiger partial charge on any atom is 0.291 e. The molecule has 0 bridgehead atoms. The van der Waals surface area contributed by atoms with Gasteiger partial charge in [-0.2, -0.15) is 0 Å². The van der Waals surface area contributed by atoms with Gasteiger partial charge < -0.3 is 5.32 Å². The molecule has 2 rings (SSSR count). The van der Waals surface area contributed by atoms with E-state index in [0.717, 1.165) is 6.54 Å². The molecule has 0 radical (unpaired) electrons. The molecule has 1 aliphatic rings. The molecule has 0 aliphatic heterocycles. The van der Waals surface area contributed by atoms with Gasteiger partial charge in [0, 0.05) is 0 Å². The second kappa shape index (κ2) is 5.46. The topological polar surface area (TPSA) is 66.9 Å². The molecule has 2 N–H and O–H groups in total. The minimum Gasteiger partial charge on any atom is -0.308 e. The highest BCUT2D eigenvalue weighted by Gasteiger charge is 2.21. The second-order valence-electron chi connectivity index (χ2n) is 3.87. The Bertz CT molecular complexity index is 394. The van der Waals surface area contributed by atoms with Crippen molar-refractivity contribution in [1.29, 1.82) is 0 Å². The van der Waals surface area contributed by atoms with E-state index in [0.29, 0.717) is 17.3 Å². The van der Waals surface area contributed by atoms with E-state index in [-0.39, 0.29) is 22.6 Å². The average molecular weight is 262 g/mol. The van der Waals surface area contributed by atoms with Crippen LogP contribution in [0.5, 0.6) is 0 Å². The fraction of sp³-hybridized carbons (Fsp3) is 0.667. The fourth-order valence-corrected chi connectivity index (χ4v) is 1.86. The van der Waals surface area contributed by atoms with Crippen LogP contribution in [0.3, 0.4) is 0 Å². The van der Waals surface area contributed by atoms with E-state index in [1.807, 2.05) is 0 Å². The number of rotatable bonds is 6. The summed E-state index contributed by atoms with van der Waals surface area (Å²) in [7, 11) is 0. The summed E-state index contributed by atoms with van der Waals surface area (Å²) in [4.78, 5) is 11.4. The predicted octanol–water partition coefficient (Wildman–Crippen LogP) is 1.41. The summed E-state index contributed by atoms with van der Waals surface area (Å²) in [5.74, 6) is 0.400. The van der Waals surface area contributed by atoms with Crippen LogP contribution >= 0.6 is 11.3 Å². The fourth-order valence-electron chi connectivity index (χ4n) is 1.25. The van der Waals surface area contributed by atoms with Gasteiger partial charge in [-0.25, -0.2) is 8.78 Å². The number of anilines is 1. The number of halogens is 2. The first-order chi connectivity index (χ1) is 8.15. The molecule has 1 heterocycles. The van der Waals surface area contributed by atoms with E-state index in [1.54, 1.807) is 0 Å². The smallest absolute Gasteiger partial charge is 0.291 e. The van der Waals surface area contributed by atoms with Crippen LogP contribution in [-0.2, 0) is 4.79 Å². The molecule has 0 aromatic carbocycles. The summed E-state index contributed by atoms with van der Waals surface area (Å²) >= 11 is 0.689. The number of alkyl halides is 2. The maximum absolute atomic E-state index is 12.2. The number of carbonyl (C=O) groups excluding carboxylic acids is 1. The van der Waals surface area contributed by atoms with Crippen molar-refractivity contribution in [1.82, 2.24) is 15.5 Å². The molecule has 1 aromatic heterocycles. The standard InChI is InChI=1S/C9H12F2N4OS/c10-7(11)8-14-15-9(17-8)13-6(16)4-12-3-5-1-2-5/h5,7,12H,1-4H2,(H,13,15,16). The molecule has 8 heteroatoms. The van der Waals surface area contributed by atoms with Crippen LogP contribution in [0.15, 0.2) is 0 Å². The summed E-state index contributed by atoms with van der Waals surface area (Å²) in [6.45, 7) is 0.992. The third-order valence-electron chi connectivity index (χ3n) is 2.29. The molecule has 1 amide bonds. The quantitative estimate of drug-likeness (QED) is 0.813. The van der Waals surface area contributed by atoms with Gasteiger partial charge in [0.25, 0.3) is 6.43 Å². The first kappa shape index (κ1) is 12.3. The Morgan fingerprint density at radius 3 is 2.82 bits per heavy atom. The minimum atomic E-state index is -2.65. The molecule has 5 nitrogen and oxygen atoms in total. The van der Waals surface area contributed by atoms with Crippen molar-refractivity contribution in [3.63, 3.8) is 0 Å². The number of nitrogens with one attached hydrogen (secondary N) is 2. The summed E-state index contributed by atoms with van der Waals surface area (Å²) in [5, 5.41) is 11.9. The predicted molar refractivity (Wildman–Crippen MR) is 59.1 cm³/mol. The van der Waals surface area contributed by atoms with Gasteiger partial charge in [0.15, 0.2) is 5.01 Å². The van der Waals surface area contributed by atoms with Gasteiger partial charge in [0.1, 0.15) is 0 Å². The highest BCUT2D eigenvalue weighted by molar-refractivity contribution is 7.15.